The van der Waals surface area contributed by atoms with E-state index in [1.165, 1.54) is 30.6 Å². The standard InChI is InChI=1S/C11H14OS2/c1-12-11(13)9-6-10(14-7-9)8-4-2-3-5-8/h6-8H,2-5H2,1H3. The van der Waals surface area contributed by atoms with E-state index in [9.17, 15) is 0 Å². The highest BCUT2D eigenvalue weighted by Gasteiger charge is 2.19. The first-order valence-electron chi connectivity index (χ1n) is 4.98. The molecular weight excluding hydrogens is 212 g/mol. The van der Waals surface area contributed by atoms with E-state index >= 15 is 0 Å². The molecule has 0 spiro atoms. The molecule has 0 atom stereocenters. The Morgan fingerprint density at radius 3 is 2.86 bits per heavy atom. The molecule has 2 rings (SSSR count). The fraction of sp³-hybridized carbons (Fsp3) is 0.545. The Bertz CT molecular complexity index is 324. The first-order chi connectivity index (χ1) is 6.81. The van der Waals surface area contributed by atoms with Crippen LogP contribution in [0.1, 0.15) is 42.0 Å². The summed E-state index contributed by atoms with van der Waals surface area (Å²) >= 11 is 6.92. The highest BCUT2D eigenvalue weighted by molar-refractivity contribution is 7.80. The molecule has 0 saturated heterocycles. The monoisotopic (exact) mass is 226 g/mol. The summed E-state index contributed by atoms with van der Waals surface area (Å²) in [5.74, 6) is 0.786. The van der Waals surface area contributed by atoms with Gasteiger partial charge in [0.15, 0.2) is 5.05 Å². The van der Waals surface area contributed by atoms with Crippen LogP contribution < -0.4 is 0 Å². The second-order valence-corrected chi connectivity index (χ2v) is 5.02. The molecule has 1 aromatic rings. The Hall–Kier alpha value is -0.410. The first-order valence-corrected chi connectivity index (χ1v) is 6.27. The lowest BCUT2D eigenvalue weighted by molar-refractivity contribution is 0.416. The van der Waals surface area contributed by atoms with Crippen molar-refractivity contribution in [3.63, 3.8) is 0 Å². The fourth-order valence-corrected chi connectivity index (χ4v) is 3.26. The lowest BCUT2D eigenvalue weighted by atomic mass is 10.1. The molecule has 1 aliphatic carbocycles. The van der Waals surface area contributed by atoms with Gasteiger partial charge in [0.2, 0.25) is 0 Å². The highest BCUT2D eigenvalue weighted by atomic mass is 32.1. The van der Waals surface area contributed by atoms with Gasteiger partial charge in [-0.15, -0.1) is 11.3 Å². The summed E-state index contributed by atoms with van der Waals surface area (Å²) in [6, 6.07) is 2.20. The van der Waals surface area contributed by atoms with E-state index in [-0.39, 0.29) is 0 Å². The molecule has 0 aliphatic heterocycles. The third-order valence-corrected chi connectivity index (χ3v) is 4.30. The van der Waals surface area contributed by atoms with Crippen LogP contribution in [0.3, 0.4) is 0 Å². The van der Waals surface area contributed by atoms with Crippen molar-refractivity contribution >= 4 is 28.6 Å². The van der Waals surface area contributed by atoms with E-state index < -0.39 is 0 Å². The maximum absolute atomic E-state index is 5.09. The van der Waals surface area contributed by atoms with Gasteiger partial charge in [-0.25, -0.2) is 0 Å². The molecule has 3 heteroatoms. The molecule has 14 heavy (non-hydrogen) atoms. The molecular formula is C11H14OS2. The van der Waals surface area contributed by atoms with Gasteiger partial charge < -0.3 is 4.74 Å². The summed E-state index contributed by atoms with van der Waals surface area (Å²) in [4.78, 5) is 1.48. The SMILES string of the molecule is COC(=S)c1csc(C2CCCC2)c1. The van der Waals surface area contributed by atoms with Crippen molar-refractivity contribution in [2.45, 2.75) is 31.6 Å². The Morgan fingerprint density at radius 2 is 2.21 bits per heavy atom. The second kappa shape index (κ2) is 4.41. The highest BCUT2D eigenvalue weighted by Crippen LogP contribution is 2.37. The quantitative estimate of drug-likeness (QED) is 0.711. The molecule has 76 valence electrons. The number of hydrogen-bond acceptors (Lipinski definition) is 3. The molecule has 0 bridgehead atoms. The van der Waals surface area contributed by atoms with Crippen LogP contribution >= 0.6 is 23.6 Å². The second-order valence-electron chi connectivity index (χ2n) is 3.71. The van der Waals surface area contributed by atoms with Crippen LogP contribution in [0.25, 0.3) is 0 Å². The van der Waals surface area contributed by atoms with Crippen molar-refractivity contribution in [3.8, 4) is 0 Å². The van der Waals surface area contributed by atoms with Gasteiger partial charge >= 0.3 is 0 Å². The lowest BCUT2D eigenvalue weighted by Gasteiger charge is -2.04. The van der Waals surface area contributed by atoms with Crippen molar-refractivity contribution in [3.05, 3.63) is 21.9 Å². The minimum atomic E-state index is 0.616. The van der Waals surface area contributed by atoms with Crippen molar-refractivity contribution in [1.29, 1.82) is 0 Å². The minimum absolute atomic E-state index is 0.616. The van der Waals surface area contributed by atoms with Crippen LogP contribution in [0.2, 0.25) is 0 Å². The largest absolute Gasteiger partial charge is 0.486 e. The van der Waals surface area contributed by atoms with E-state index in [1.807, 2.05) is 11.3 Å². The zero-order valence-corrected chi connectivity index (χ0v) is 9.92. The molecule has 0 N–H and O–H groups in total. The maximum atomic E-state index is 5.09. The molecule has 1 heterocycles. The fourth-order valence-electron chi connectivity index (χ4n) is 2.00. The van der Waals surface area contributed by atoms with Crippen LogP contribution in [0, 0.1) is 0 Å². The van der Waals surface area contributed by atoms with E-state index in [4.69, 9.17) is 17.0 Å². The Kier molecular flexibility index (Phi) is 3.19. The smallest absolute Gasteiger partial charge is 0.191 e. The number of hydrogen-bond donors (Lipinski definition) is 0. The third-order valence-electron chi connectivity index (χ3n) is 2.80. The Balaban J connectivity index is 2.12. The lowest BCUT2D eigenvalue weighted by Crippen LogP contribution is -1.96. The summed E-state index contributed by atoms with van der Waals surface area (Å²) in [6.07, 6.45) is 5.46. The normalized spacial score (nSPS) is 17.2. The van der Waals surface area contributed by atoms with E-state index in [2.05, 4.69) is 11.4 Å². The van der Waals surface area contributed by atoms with Crippen LogP contribution in [0.4, 0.5) is 0 Å². The van der Waals surface area contributed by atoms with Gasteiger partial charge in [-0.3, -0.25) is 0 Å². The molecule has 0 amide bonds. The molecule has 1 saturated carbocycles. The maximum Gasteiger partial charge on any atom is 0.191 e. The van der Waals surface area contributed by atoms with E-state index in [1.54, 1.807) is 7.11 Å². The van der Waals surface area contributed by atoms with Crippen LogP contribution in [-0.2, 0) is 4.74 Å². The molecule has 0 radical (unpaired) electrons. The zero-order chi connectivity index (χ0) is 9.97. The topological polar surface area (TPSA) is 9.23 Å². The molecule has 1 nitrogen and oxygen atoms in total. The number of thiophene rings is 1. The molecule has 0 aromatic carbocycles. The Morgan fingerprint density at radius 1 is 1.50 bits per heavy atom. The van der Waals surface area contributed by atoms with Crippen molar-refractivity contribution in [2.75, 3.05) is 7.11 Å². The van der Waals surface area contributed by atoms with Crippen molar-refractivity contribution < 1.29 is 4.74 Å². The van der Waals surface area contributed by atoms with Gasteiger partial charge in [0.05, 0.1) is 7.11 Å². The molecule has 1 aromatic heterocycles. The van der Waals surface area contributed by atoms with Gasteiger partial charge in [0.25, 0.3) is 0 Å². The predicted octanol–water partition coefficient (Wildman–Crippen LogP) is 3.73. The number of thiocarbonyl (C=S) groups is 1. The predicted molar refractivity (Wildman–Crippen MR) is 64.2 cm³/mol. The van der Waals surface area contributed by atoms with Gasteiger partial charge in [-0.1, -0.05) is 12.8 Å². The summed E-state index contributed by atoms with van der Waals surface area (Å²) in [5, 5.41) is 2.73. The minimum Gasteiger partial charge on any atom is -0.486 e. The summed E-state index contributed by atoms with van der Waals surface area (Å²) in [5.41, 5.74) is 1.08. The van der Waals surface area contributed by atoms with Gasteiger partial charge in [0.1, 0.15) is 0 Å². The average molecular weight is 226 g/mol. The average Bonchev–Trinajstić information content (AvgIpc) is 2.86. The van der Waals surface area contributed by atoms with Crippen LogP contribution in [0.5, 0.6) is 0 Å². The number of ether oxygens (including phenoxy) is 1. The van der Waals surface area contributed by atoms with Crippen LogP contribution in [0.15, 0.2) is 11.4 Å². The van der Waals surface area contributed by atoms with Crippen molar-refractivity contribution in [2.24, 2.45) is 0 Å². The molecule has 0 unspecified atom stereocenters. The van der Waals surface area contributed by atoms with Gasteiger partial charge in [-0.05, 0) is 37.0 Å². The number of methoxy groups -OCH3 is 1. The number of rotatable bonds is 2. The summed E-state index contributed by atoms with van der Waals surface area (Å²) in [7, 11) is 1.63. The van der Waals surface area contributed by atoms with Crippen LogP contribution in [-0.4, -0.2) is 12.2 Å². The molecule has 1 aliphatic rings. The van der Waals surface area contributed by atoms with Crippen molar-refractivity contribution in [1.82, 2.24) is 0 Å². The van der Waals surface area contributed by atoms with Gasteiger partial charge in [-0.2, -0.15) is 0 Å². The summed E-state index contributed by atoms with van der Waals surface area (Å²) < 4.78 is 5.05. The first kappa shape index (κ1) is 10.1. The van der Waals surface area contributed by atoms with E-state index in [0.717, 1.165) is 11.5 Å². The molecule has 1 fully saturated rings. The zero-order valence-electron chi connectivity index (χ0n) is 8.29. The van der Waals surface area contributed by atoms with Gasteiger partial charge in [0, 0.05) is 15.8 Å². The van der Waals surface area contributed by atoms with E-state index in [0.29, 0.717) is 5.05 Å². The Labute approximate surface area is 94.1 Å². The summed E-state index contributed by atoms with van der Waals surface area (Å²) in [6.45, 7) is 0. The third kappa shape index (κ3) is 1.98.